The molecule has 164 valence electrons. The predicted octanol–water partition coefficient (Wildman–Crippen LogP) is 3.21. The van der Waals surface area contributed by atoms with Crippen LogP contribution >= 0.6 is 24.0 Å². The molecule has 4 rings (SSSR count). The molecule has 0 spiro atoms. The van der Waals surface area contributed by atoms with Crippen molar-refractivity contribution >= 4 is 29.9 Å². The van der Waals surface area contributed by atoms with Gasteiger partial charge in [0.25, 0.3) is 0 Å². The zero-order chi connectivity index (χ0) is 20.8. The molecule has 2 aromatic carbocycles. The number of hydrogen-bond donors (Lipinski definition) is 2. The maximum Gasteiger partial charge on any atom is 0.191 e. The Kier molecular flexibility index (Phi) is 8.42. The molecule has 2 atom stereocenters. The molecule has 0 aliphatic carbocycles. The van der Waals surface area contributed by atoms with Crippen LogP contribution in [0.25, 0.3) is 5.69 Å². The second-order valence-corrected chi connectivity index (χ2v) is 7.72. The lowest BCUT2D eigenvalue weighted by atomic mass is 10.2. The van der Waals surface area contributed by atoms with Crippen molar-refractivity contribution in [2.45, 2.75) is 38.5 Å². The lowest BCUT2D eigenvalue weighted by Gasteiger charge is -2.21. The van der Waals surface area contributed by atoms with Crippen LogP contribution in [0.1, 0.15) is 24.7 Å². The van der Waals surface area contributed by atoms with Crippen molar-refractivity contribution in [3.63, 3.8) is 0 Å². The van der Waals surface area contributed by atoms with Gasteiger partial charge in [0.05, 0.1) is 6.54 Å². The van der Waals surface area contributed by atoms with Gasteiger partial charge in [-0.25, -0.2) is 0 Å². The largest absolute Gasteiger partial charge is 0.352 e. The second-order valence-electron chi connectivity index (χ2n) is 7.72. The van der Waals surface area contributed by atoms with Crippen molar-refractivity contribution in [1.29, 1.82) is 0 Å². The van der Waals surface area contributed by atoms with E-state index in [2.05, 4.69) is 68.0 Å². The molecule has 2 unspecified atom stereocenters. The van der Waals surface area contributed by atoms with Crippen LogP contribution in [0.4, 0.5) is 0 Å². The maximum atomic E-state index is 4.41. The highest BCUT2D eigenvalue weighted by atomic mass is 127. The van der Waals surface area contributed by atoms with Crippen molar-refractivity contribution in [1.82, 2.24) is 30.3 Å². The summed E-state index contributed by atoms with van der Waals surface area (Å²) >= 11 is 0. The molecule has 31 heavy (non-hydrogen) atoms. The number of para-hydroxylation sites is 1. The molecule has 0 bridgehead atoms. The Morgan fingerprint density at radius 1 is 1.10 bits per heavy atom. The van der Waals surface area contributed by atoms with Gasteiger partial charge in [-0.3, -0.25) is 14.5 Å². The molecule has 0 saturated carbocycles. The van der Waals surface area contributed by atoms with E-state index in [-0.39, 0.29) is 24.0 Å². The first-order valence-corrected chi connectivity index (χ1v) is 10.4. The minimum Gasteiger partial charge on any atom is -0.352 e. The summed E-state index contributed by atoms with van der Waals surface area (Å²) in [7, 11) is 1.80. The third kappa shape index (κ3) is 6.04. The second kappa shape index (κ2) is 11.2. The van der Waals surface area contributed by atoms with Crippen LogP contribution in [0.15, 0.2) is 72.0 Å². The van der Waals surface area contributed by atoms with Crippen LogP contribution < -0.4 is 10.6 Å². The standard InChI is InChI=1S/C23H29N7.HI/c1-18-13-20(16-29(18)15-19-9-5-3-6-10-19)27-23(24-2)25-14-22-28-26-17-30(22)21-11-7-4-8-12-21;/h3-12,17-18,20H,13-16H2,1-2H3,(H2,24,25,27);1H. The molecule has 3 aromatic rings. The molecule has 7 nitrogen and oxygen atoms in total. The minimum absolute atomic E-state index is 0. The number of benzene rings is 2. The summed E-state index contributed by atoms with van der Waals surface area (Å²) in [6.07, 6.45) is 2.83. The van der Waals surface area contributed by atoms with Crippen LogP contribution in [0.3, 0.4) is 0 Å². The first-order chi connectivity index (χ1) is 14.7. The molecule has 1 fully saturated rings. The van der Waals surface area contributed by atoms with Crippen molar-refractivity contribution in [3.8, 4) is 5.69 Å². The molecule has 0 amide bonds. The number of hydrogen-bond acceptors (Lipinski definition) is 4. The first kappa shape index (κ1) is 23.2. The first-order valence-electron chi connectivity index (χ1n) is 10.4. The summed E-state index contributed by atoms with van der Waals surface area (Å²) in [5, 5.41) is 15.3. The number of likely N-dealkylation sites (tertiary alicyclic amines) is 1. The third-order valence-electron chi connectivity index (χ3n) is 5.56. The van der Waals surface area contributed by atoms with Gasteiger partial charge in [0.1, 0.15) is 6.33 Å². The van der Waals surface area contributed by atoms with Crippen molar-refractivity contribution in [2.75, 3.05) is 13.6 Å². The van der Waals surface area contributed by atoms with E-state index in [1.165, 1.54) is 5.56 Å². The summed E-state index contributed by atoms with van der Waals surface area (Å²) in [6, 6.07) is 21.7. The zero-order valence-corrected chi connectivity index (χ0v) is 20.3. The summed E-state index contributed by atoms with van der Waals surface area (Å²) < 4.78 is 1.99. The lowest BCUT2D eigenvalue weighted by molar-refractivity contribution is 0.258. The average Bonchev–Trinajstić information content (AvgIpc) is 3.39. The summed E-state index contributed by atoms with van der Waals surface area (Å²) in [5.41, 5.74) is 2.40. The number of nitrogens with zero attached hydrogens (tertiary/aromatic N) is 5. The Labute approximate surface area is 201 Å². The van der Waals surface area contributed by atoms with Gasteiger partial charge >= 0.3 is 0 Å². The van der Waals surface area contributed by atoms with Gasteiger partial charge in [0.15, 0.2) is 11.8 Å². The molecule has 8 heteroatoms. The summed E-state index contributed by atoms with van der Waals surface area (Å²) in [5.74, 6) is 1.63. The average molecular weight is 531 g/mol. The van der Waals surface area contributed by atoms with E-state index in [0.717, 1.165) is 37.0 Å². The van der Waals surface area contributed by atoms with E-state index in [4.69, 9.17) is 0 Å². The van der Waals surface area contributed by atoms with Crippen molar-refractivity contribution in [2.24, 2.45) is 4.99 Å². The highest BCUT2D eigenvalue weighted by Gasteiger charge is 2.29. The topological polar surface area (TPSA) is 70.4 Å². The Bertz CT molecular complexity index is 958. The van der Waals surface area contributed by atoms with Crippen molar-refractivity contribution in [3.05, 3.63) is 78.4 Å². The van der Waals surface area contributed by atoms with Gasteiger partial charge in [-0.05, 0) is 31.0 Å². The normalized spacial score (nSPS) is 19.1. The van der Waals surface area contributed by atoms with Crippen LogP contribution in [0.2, 0.25) is 0 Å². The Balaban J connectivity index is 0.00000272. The fourth-order valence-electron chi connectivity index (χ4n) is 3.98. The van der Waals surface area contributed by atoms with Gasteiger partial charge in [0.2, 0.25) is 0 Å². The smallest absolute Gasteiger partial charge is 0.191 e. The Morgan fingerprint density at radius 3 is 2.52 bits per heavy atom. The number of aliphatic imine (C=N–C) groups is 1. The predicted molar refractivity (Wildman–Crippen MR) is 135 cm³/mol. The molecule has 1 saturated heterocycles. The molecule has 1 aliphatic heterocycles. The number of nitrogens with one attached hydrogen (secondary N) is 2. The van der Waals surface area contributed by atoms with E-state index in [0.29, 0.717) is 18.6 Å². The fourth-order valence-corrected chi connectivity index (χ4v) is 3.98. The van der Waals surface area contributed by atoms with Gasteiger partial charge in [-0.2, -0.15) is 0 Å². The fraction of sp³-hybridized carbons (Fsp3) is 0.348. The van der Waals surface area contributed by atoms with Gasteiger partial charge < -0.3 is 10.6 Å². The van der Waals surface area contributed by atoms with Crippen LogP contribution in [0.5, 0.6) is 0 Å². The van der Waals surface area contributed by atoms with Crippen LogP contribution in [-0.4, -0.2) is 51.3 Å². The lowest BCUT2D eigenvalue weighted by Crippen LogP contribution is -2.44. The van der Waals surface area contributed by atoms with Gasteiger partial charge in [-0.1, -0.05) is 48.5 Å². The molecular formula is C23H30IN7. The molecule has 1 aromatic heterocycles. The minimum atomic E-state index is 0. The molecule has 2 N–H and O–H groups in total. The van der Waals surface area contributed by atoms with Gasteiger partial charge in [-0.15, -0.1) is 34.2 Å². The van der Waals surface area contributed by atoms with E-state index in [1.54, 1.807) is 13.4 Å². The monoisotopic (exact) mass is 531 g/mol. The van der Waals surface area contributed by atoms with E-state index >= 15 is 0 Å². The SMILES string of the molecule is CN=C(NCc1nncn1-c1ccccc1)NC1CC(C)N(Cc2ccccc2)C1.I. The Morgan fingerprint density at radius 2 is 1.81 bits per heavy atom. The number of aromatic nitrogens is 3. The summed E-state index contributed by atoms with van der Waals surface area (Å²) in [4.78, 5) is 6.93. The molecule has 1 aliphatic rings. The quantitative estimate of drug-likeness (QED) is 0.291. The van der Waals surface area contributed by atoms with Crippen LogP contribution in [0, 0.1) is 0 Å². The van der Waals surface area contributed by atoms with E-state index in [9.17, 15) is 0 Å². The Hall–Kier alpha value is -2.46. The summed E-state index contributed by atoms with van der Waals surface area (Å²) in [6.45, 7) is 4.82. The maximum absolute atomic E-state index is 4.41. The number of guanidine groups is 1. The molecule has 0 radical (unpaired) electrons. The highest BCUT2D eigenvalue weighted by molar-refractivity contribution is 14.0. The van der Waals surface area contributed by atoms with E-state index in [1.807, 2.05) is 34.9 Å². The number of halogens is 1. The van der Waals surface area contributed by atoms with Crippen molar-refractivity contribution < 1.29 is 0 Å². The third-order valence-corrected chi connectivity index (χ3v) is 5.56. The van der Waals surface area contributed by atoms with E-state index < -0.39 is 0 Å². The zero-order valence-electron chi connectivity index (χ0n) is 18.0. The van der Waals surface area contributed by atoms with Gasteiger partial charge in [0, 0.05) is 37.9 Å². The molecule has 2 heterocycles. The highest BCUT2D eigenvalue weighted by Crippen LogP contribution is 2.20. The number of rotatable bonds is 6. The molecular weight excluding hydrogens is 501 g/mol. The van der Waals surface area contributed by atoms with Crippen LogP contribution in [-0.2, 0) is 13.1 Å².